The molecule has 0 atom stereocenters. The molecule has 0 saturated carbocycles. The Morgan fingerprint density at radius 3 is 2.57 bits per heavy atom. The molecule has 6 nitrogen and oxygen atoms in total. The van der Waals surface area contributed by atoms with Crippen molar-refractivity contribution in [2.45, 2.75) is 62.7 Å². The van der Waals surface area contributed by atoms with Crippen molar-refractivity contribution < 1.29 is 18.3 Å². The average molecular weight is 423 g/mol. The second-order valence-electron chi connectivity index (χ2n) is 7.95. The summed E-state index contributed by atoms with van der Waals surface area (Å²) in [5.74, 6) is 0.199. The monoisotopic (exact) mass is 422 g/mol. The number of fused-ring (bicyclic) bond motifs is 1. The average Bonchev–Trinajstić information content (AvgIpc) is 3.23. The number of urea groups is 1. The van der Waals surface area contributed by atoms with Crippen LogP contribution in [0.25, 0.3) is 0 Å². The predicted octanol–water partition coefficient (Wildman–Crippen LogP) is 4.10. The number of thiophene rings is 1. The molecule has 0 radical (unpaired) electrons. The van der Waals surface area contributed by atoms with E-state index in [-0.39, 0.29) is 10.1 Å². The molecule has 1 aromatic carbocycles. The van der Waals surface area contributed by atoms with Crippen LogP contribution in [0.2, 0.25) is 0 Å². The zero-order chi connectivity index (χ0) is 20.7. The highest BCUT2D eigenvalue weighted by Gasteiger charge is 2.26. The summed E-state index contributed by atoms with van der Waals surface area (Å²) in [5.41, 5.74) is 3.36. The van der Waals surface area contributed by atoms with Crippen LogP contribution in [0.1, 0.15) is 62.3 Å². The van der Waals surface area contributed by atoms with E-state index in [0.29, 0.717) is 5.56 Å². The molecule has 28 heavy (non-hydrogen) atoms. The van der Waals surface area contributed by atoms with Crippen molar-refractivity contribution in [3.8, 4) is 0 Å². The van der Waals surface area contributed by atoms with E-state index >= 15 is 0 Å². The lowest BCUT2D eigenvalue weighted by atomic mass is 9.95. The van der Waals surface area contributed by atoms with Gasteiger partial charge in [0.1, 0.15) is 4.21 Å². The van der Waals surface area contributed by atoms with E-state index < -0.39 is 21.7 Å². The van der Waals surface area contributed by atoms with Crippen LogP contribution in [0, 0.1) is 0 Å². The third kappa shape index (κ3) is 4.24. The Labute approximate surface area is 170 Å². The van der Waals surface area contributed by atoms with Gasteiger partial charge in [-0.2, -0.15) is 0 Å². The van der Waals surface area contributed by atoms with Gasteiger partial charge in [-0.1, -0.05) is 26.0 Å². The van der Waals surface area contributed by atoms with E-state index in [1.807, 2.05) is 19.9 Å². The van der Waals surface area contributed by atoms with E-state index in [1.165, 1.54) is 11.6 Å². The van der Waals surface area contributed by atoms with Gasteiger partial charge in [-0.3, -0.25) is 0 Å². The molecule has 152 valence electrons. The van der Waals surface area contributed by atoms with Crippen LogP contribution in [0.15, 0.2) is 27.8 Å². The molecule has 1 aliphatic carbocycles. The van der Waals surface area contributed by atoms with Gasteiger partial charge in [-0.25, -0.2) is 17.9 Å². The zero-order valence-corrected chi connectivity index (χ0v) is 18.1. The van der Waals surface area contributed by atoms with Gasteiger partial charge in [0.25, 0.3) is 10.0 Å². The maximum Gasteiger partial charge on any atom is 0.333 e. The van der Waals surface area contributed by atoms with Crippen LogP contribution in [0.4, 0.5) is 10.5 Å². The number of hydrogen-bond donors (Lipinski definition) is 3. The second-order valence-corrected chi connectivity index (χ2v) is 10.8. The molecule has 0 unspecified atom stereocenters. The molecule has 0 bridgehead atoms. The number of carbonyl (C=O) groups is 1. The van der Waals surface area contributed by atoms with Crippen LogP contribution < -0.4 is 10.0 Å². The van der Waals surface area contributed by atoms with Crippen LogP contribution in [-0.4, -0.2) is 19.6 Å². The molecule has 0 spiro atoms. The minimum Gasteiger partial charge on any atom is -0.386 e. The molecule has 3 N–H and O–H groups in total. The molecule has 1 heterocycles. The minimum atomic E-state index is -4.02. The summed E-state index contributed by atoms with van der Waals surface area (Å²) in [6.07, 6.45) is 2.87. The topological polar surface area (TPSA) is 95.5 Å². The molecule has 0 fully saturated rings. The number of aryl methyl sites for hydroxylation is 1. The summed E-state index contributed by atoms with van der Waals surface area (Å²) in [6, 6.07) is 4.72. The lowest BCUT2D eigenvalue weighted by Gasteiger charge is -2.18. The first-order valence-electron chi connectivity index (χ1n) is 9.29. The molecule has 2 amide bonds. The van der Waals surface area contributed by atoms with Crippen LogP contribution in [0.5, 0.6) is 0 Å². The molecule has 0 saturated heterocycles. The van der Waals surface area contributed by atoms with Gasteiger partial charge >= 0.3 is 6.03 Å². The first kappa shape index (κ1) is 20.8. The second kappa shape index (κ2) is 7.50. The van der Waals surface area contributed by atoms with Crippen molar-refractivity contribution in [2.24, 2.45) is 0 Å². The summed E-state index contributed by atoms with van der Waals surface area (Å²) in [4.78, 5) is 12.5. The Hall–Kier alpha value is -1.90. The molecule has 0 aliphatic heterocycles. The van der Waals surface area contributed by atoms with E-state index in [1.54, 1.807) is 19.2 Å². The van der Waals surface area contributed by atoms with Gasteiger partial charge in [0.05, 0.1) is 5.60 Å². The fourth-order valence-electron chi connectivity index (χ4n) is 3.40. The normalized spacial score (nSPS) is 14.2. The Kier molecular flexibility index (Phi) is 5.58. The highest BCUT2D eigenvalue weighted by atomic mass is 32.2. The highest BCUT2D eigenvalue weighted by molar-refractivity contribution is 7.92. The summed E-state index contributed by atoms with van der Waals surface area (Å²) in [7, 11) is -4.02. The minimum absolute atomic E-state index is 0.0119. The van der Waals surface area contributed by atoms with Gasteiger partial charge < -0.3 is 10.4 Å². The van der Waals surface area contributed by atoms with E-state index in [2.05, 4.69) is 16.1 Å². The first-order chi connectivity index (χ1) is 13.0. The fraction of sp³-hybridized carbons (Fsp3) is 0.450. The van der Waals surface area contributed by atoms with Crippen molar-refractivity contribution in [2.75, 3.05) is 5.32 Å². The largest absolute Gasteiger partial charge is 0.386 e. The van der Waals surface area contributed by atoms with Crippen molar-refractivity contribution in [3.05, 3.63) is 45.8 Å². The van der Waals surface area contributed by atoms with Crippen molar-refractivity contribution in [1.82, 2.24) is 4.72 Å². The number of anilines is 1. The number of benzene rings is 1. The van der Waals surface area contributed by atoms with Crippen molar-refractivity contribution in [1.29, 1.82) is 0 Å². The summed E-state index contributed by atoms with van der Waals surface area (Å²) in [6.45, 7) is 7.24. The number of nitrogens with one attached hydrogen (secondary N) is 2. The first-order valence-corrected chi connectivity index (χ1v) is 11.6. The van der Waals surface area contributed by atoms with Crippen molar-refractivity contribution >= 4 is 33.1 Å². The number of amides is 2. The standard InChI is InChI=1S/C20H26N2O4S2/c1-12(2)15-9-8-13-6-5-7-16(13)18(15)21-19(23)22-28(25,26)17-10-14(11-27-17)20(3,4)24/h8-12,24H,5-7H2,1-4H3,(H2,21,22,23). The number of hydrogen-bond acceptors (Lipinski definition) is 5. The number of carbonyl (C=O) groups excluding carboxylic acids is 1. The fourth-order valence-corrected chi connectivity index (χ4v) is 5.65. The quantitative estimate of drug-likeness (QED) is 0.676. The van der Waals surface area contributed by atoms with Gasteiger partial charge in [0, 0.05) is 5.69 Å². The molecule has 8 heteroatoms. The zero-order valence-electron chi connectivity index (χ0n) is 16.5. The summed E-state index contributed by atoms with van der Waals surface area (Å²) >= 11 is 0.969. The third-order valence-corrected chi connectivity index (χ3v) is 7.72. The maximum absolute atomic E-state index is 12.6. The lowest BCUT2D eigenvalue weighted by Crippen LogP contribution is -2.34. The summed E-state index contributed by atoms with van der Waals surface area (Å²) in [5, 5.41) is 14.4. The van der Waals surface area contributed by atoms with Crippen molar-refractivity contribution in [3.63, 3.8) is 0 Å². The van der Waals surface area contributed by atoms with E-state index in [0.717, 1.165) is 47.4 Å². The third-order valence-electron chi connectivity index (χ3n) is 4.95. The van der Waals surface area contributed by atoms with Crippen LogP contribution in [0.3, 0.4) is 0 Å². The smallest absolute Gasteiger partial charge is 0.333 e. The number of rotatable bonds is 5. The van der Waals surface area contributed by atoms with E-state index in [9.17, 15) is 18.3 Å². The Morgan fingerprint density at radius 1 is 1.25 bits per heavy atom. The van der Waals surface area contributed by atoms with Gasteiger partial charge in [-0.05, 0) is 72.7 Å². The molecule has 1 aromatic heterocycles. The van der Waals surface area contributed by atoms with Crippen LogP contribution in [-0.2, 0) is 28.5 Å². The van der Waals surface area contributed by atoms with Crippen LogP contribution >= 0.6 is 11.3 Å². The molecular formula is C20H26N2O4S2. The van der Waals surface area contributed by atoms with Gasteiger partial charge in [0.15, 0.2) is 0 Å². The Balaban J connectivity index is 1.83. The maximum atomic E-state index is 12.6. The van der Waals surface area contributed by atoms with Gasteiger partial charge in [-0.15, -0.1) is 11.3 Å². The number of sulfonamides is 1. The lowest BCUT2D eigenvalue weighted by molar-refractivity contribution is 0.0789. The Morgan fingerprint density at radius 2 is 1.96 bits per heavy atom. The predicted molar refractivity (Wildman–Crippen MR) is 111 cm³/mol. The van der Waals surface area contributed by atoms with Gasteiger partial charge in [0.2, 0.25) is 0 Å². The molecule has 1 aliphatic rings. The Bertz CT molecular complexity index is 1000. The SMILES string of the molecule is CC(C)c1ccc2c(c1NC(=O)NS(=O)(=O)c1cc(C(C)(C)O)cs1)CCC2. The molecule has 3 rings (SSSR count). The molecule has 2 aromatic rings. The summed E-state index contributed by atoms with van der Waals surface area (Å²) < 4.78 is 27.2. The van der Waals surface area contributed by atoms with E-state index in [4.69, 9.17) is 0 Å². The molecular weight excluding hydrogens is 396 g/mol. The highest BCUT2D eigenvalue weighted by Crippen LogP contribution is 2.35. The number of aliphatic hydroxyl groups is 1.